The van der Waals surface area contributed by atoms with Gasteiger partial charge in [-0.05, 0) is 30.3 Å². The molecule has 3 aromatic rings. The van der Waals surface area contributed by atoms with E-state index < -0.39 is 17.9 Å². The number of halogens is 3. The number of aromatic nitrogens is 2. The molecule has 0 bridgehead atoms. The van der Waals surface area contributed by atoms with E-state index in [0.29, 0.717) is 16.6 Å². The van der Waals surface area contributed by atoms with Crippen molar-refractivity contribution in [1.82, 2.24) is 9.97 Å². The summed E-state index contributed by atoms with van der Waals surface area (Å²) in [6, 6.07) is 14.5. The second-order valence-electron chi connectivity index (χ2n) is 5.39. The van der Waals surface area contributed by atoms with Crippen LogP contribution in [0.1, 0.15) is 11.4 Å². The number of nitrogens with zero attached hydrogens (tertiary/aromatic N) is 3. The maximum absolute atomic E-state index is 13.0. The van der Waals surface area contributed by atoms with Gasteiger partial charge in [-0.1, -0.05) is 30.0 Å². The normalized spacial score (nSPS) is 11.2. The Morgan fingerprint density at radius 1 is 1.11 bits per heavy atom. The molecule has 1 heterocycles. The van der Waals surface area contributed by atoms with Gasteiger partial charge in [-0.25, -0.2) is 9.97 Å². The van der Waals surface area contributed by atoms with E-state index in [-0.39, 0.29) is 16.3 Å². The van der Waals surface area contributed by atoms with E-state index >= 15 is 0 Å². The Morgan fingerprint density at radius 3 is 2.48 bits per heavy atom. The third-order valence-corrected chi connectivity index (χ3v) is 4.45. The van der Waals surface area contributed by atoms with Crippen molar-refractivity contribution in [1.29, 1.82) is 5.26 Å². The molecule has 27 heavy (non-hydrogen) atoms. The molecule has 2 aromatic carbocycles. The number of rotatable bonds is 4. The average molecular weight is 388 g/mol. The average Bonchev–Trinajstić information content (AvgIpc) is 2.65. The predicted molar refractivity (Wildman–Crippen MR) is 95.1 cm³/mol. The van der Waals surface area contributed by atoms with Crippen LogP contribution in [-0.4, -0.2) is 21.6 Å². The second-order valence-corrected chi connectivity index (χ2v) is 6.36. The molecule has 0 atom stereocenters. The van der Waals surface area contributed by atoms with E-state index in [1.807, 2.05) is 6.07 Å². The molecule has 1 N–H and O–H groups in total. The Morgan fingerprint density at radius 2 is 1.81 bits per heavy atom. The molecule has 1 aromatic heterocycles. The summed E-state index contributed by atoms with van der Waals surface area (Å²) in [6.07, 6.45) is -4.68. The number of benzene rings is 2. The van der Waals surface area contributed by atoms with Crippen molar-refractivity contribution in [2.24, 2.45) is 0 Å². The summed E-state index contributed by atoms with van der Waals surface area (Å²) < 4.78 is 39.0. The number of amides is 1. The highest BCUT2D eigenvalue weighted by atomic mass is 32.2. The van der Waals surface area contributed by atoms with Gasteiger partial charge in [0.25, 0.3) is 0 Å². The maximum atomic E-state index is 13.0. The van der Waals surface area contributed by atoms with Crippen LogP contribution in [0.2, 0.25) is 0 Å². The molecule has 136 valence electrons. The molecular weight excluding hydrogens is 377 g/mol. The first kappa shape index (κ1) is 18.7. The molecule has 0 aliphatic rings. The SMILES string of the molecule is N#Cc1ccc(NC(=O)CSc2nc(C(F)(F)F)nc3ccccc23)cc1. The van der Waals surface area contributed by atoms with Crippen LogP contribution in [0.15, 0.2) is 53.6 Å². The van der Waals surface area contributed by atoms with Crippen LogP contribution in [0.25, 0.3) is 10.9 Å². The first-order valence-electron chi connectivity index (χ1n) is 7.63. The minimum atomic E-state index is -4.68. The van der Waals surface area contributed by atoms with Crippen LogP contribution in [-0.2, 0) is 11.0 Å². The van der Waals surface area contributed by atoms with Crippen molar-refractivity contribution < 1.29 is 18.0 Å². The van der Waals surface area contributed by atoms with Gasteiger partial charge >= 0.3 is 6.18 Å². The van der Waals surface area contributed by atoms with Gasteiger partial charge in [-0.3, -0.25) is 4.79 Å². The molecule has 0 fully saturated rings. The van der Waals surface area contributed by atoms with Crippen molar-refractivity contribution in [2.75, 3.05) is 11.1 Å². The number of carbonyl (C=O) groups excluding carboxylic acids is 1. The maximum Gasteiger partial charge on any atom is 0.451 e. The number of fused-ring (bicyclic) bond motifs is 1. The minimum absolute atomic E-state index is 0.0860. The Kier molecular flexibility index (Phi) is 5.28. The van der Waals surface area contributed by atoms with E-state index in [1.165, 1.54) is 6.07 Å². The highest BCUT2D eigenvalue weighted by molar-refractivity contribution is 8.00. The highest BCUT2D eigenvalue weighted by Crippen LogP contribution is 2.32. The first-order valence-corrected chi connectivity index (χ1v) is 8.62. The molecule has 0 spiro atoms. The van der Waals surface area contributed by atoms with E-state index in [0.717, 1.165) is 11.8 Å². The number of para-hydroxylation sites is 1. The van der Waals surface area contributed by atoms with E-state index in [9.17, 15) is 18.0 Å². The minimum Gasteiger partial charge on any atom is -0.325 e. The summed E-state index contributed by atoms with van der Waals surface area (Å²) in [5.41, 5.74) is 1.10. The van der Waals surface area contributed by atoms with Crippen molar-refractivity contribution in [3.05, 3.63) is 59.9 Å². The molecule has 1 amide bonds. The smallest absolute Gasteiger partial charge is 0.325 e. The third kappa shape index (κ3) is 4.54. The van der Waals surface area contributed by atoms with E-state index in [4.69, 9.17) is 5.26 Å². The predicted octanol–water partition coefficient (Wildman–Crippen LogP) is 4.25. The Balaban J connectivity index is 1.77. The molecule has 0 saturated carbocycles. The number of hydrogen-bond donors (Lipinski definition) is 1. The number of carbonyl (C=O) groups is 1. The van der Waals surface area contributed by atoms with Crippen molar-refractivity contribution in [2.45, 2.75) is 11.2 Å². The van der Waals surface area contributed by atoms with Gasteiger partial charge in [0.15, 0.2) is 0 Å². The second kappa shape index (κ2) is 7.63. The molecule has 3 rings (SSSR count). The number of anilines is 1. The lowest BCUT2D eigenvalue weighted by Gasteiger charge is -2.10. The Bertz CT molecular complexity index is 1030. The fourth-order valence-corrected chi connectivity index (χ4v) is 3.06. The van der Waals surface area contributed by atoms with Gasteiger partial charge in [0.05, 0.1) is 22.9 Å². The van der Waals surface area contributed by atoms with Crippen molar-refractivity contribution in [3.8, 4) is 6.07 Å². The van der Waals surface area contributed by atoms with Gasteiger partial charge < -0.3 is 5.32 Å². The van der Waals surface area contributed by atoms with E-state index in [2.05, 4.69) is 15.3 Å². The molecule has 9 heteroatoms. The van der Waals surface area contributed by atoms with Gasteiger partial charge in [-0.15, -0.1) is 0 Å². The molecule has 5 nitrogen and oxygen atoms in total. The molecular formula is C18H11F3N4OS. The number of thioether (sulfide) groups is 1. The van der Waals surface area contributed by atoms with Gasteiger partial charge in [-0.2, -0.15) is 18.4 Å². The summed E-state index contributed by atoms with van der Waals surface area (Å²) in [4.78, 5) is 19.2. The van der Waals surface area contributed by atoms with Gasteiger partial charge in [0.1, 0.15) is 5.03 Å². The molecule has 0 aliphatic heterocycles. The summed E-state index contributed by atoms with van der Waals surface area (Å²) in [5, 5.41) is 11.9. The quantitative estimate of drug-likeness (QED) is 0.534. The Labute approximate surface area is 156 Å². The standard InChI is InChI=1S/C18H11F3N4OS/c19-18(20,21)17-24-14-4-2-1-3-13(14)16(25-17)27-10-15(26)23-12-7-5-11(9-22)6-8-12/h1-8H,10H2,(H,23,26). The summed E-state index contributed by atoms with van der Waals surface area (Å²) in [5.74, 6) is -1.77. The van der Waals surface area contributed by atoms with Crippen LogP contribution in [0.3, 0.4) is 0 Å². The lowest BCUT2D eigenvalue weighted by molar-refractivity contribution is -0.145. The number of nitriles is 1. The largest absolute Gasteiger partial charge is 0.451 e. The fourth-order valence-electron chi connectivity index (χ4n) is 2.24. The fraction of sp³-hybridized carbons (Fsp3) is 0.111. The zero-order chi connectivity index (χ0) is 19.4. The van der Waals surface area contributed by atoms with Gasteiger partial charge in [0, 0.05) is 11.1 Å². The van der Waals surface area contributed by atoms with Gasteiger partial charge in [0.2, 0.25) is 11.7 Å². The van der Waals surface area contributed by atoms with Crippen LogP contribution in [0.5, 0.6) is 0 Å². The first-order chi connectivity index (χ1) is 12.9. The summed E-state index contributed by atoms with van der Waals surface area (Å²) in [6.45, 7) is 0. The van der Waals surface area contributed by atoms with Crippen LogP contribution in [0, 0.1) is 11.3 Å². The van der Waals surface area contributed by atoms with Crippen LogP contribution >= 0.6 is 11.8 Å². The molecule has 0 radical (unpaired) electrons. The van der Waals surface area contributed by atoms with Crippen molar-refractivity contribution in [3.63, 3.8) is 0 Å². The third-order valence-electron chi connectivity index (χ3n) is 3.46. The van der Waals surface area contributed by atoms with Crippen molar-refractivity contribution >= 4 is 34.3 Å². The number of hydrogen-bond acceptors (Lipinski definition) is 5. The Hall–Kier alpha value is -3.12. The van der Waals surface area contributed by atoms with E-state index in [1.54, 1.807) is 42.5 Å². The number of nitrogens with one attached hydrogen (secondary N) is 1. The zero-order valence-electron chi connectivity index (χ0n) is 13.6. The highest BCUT2D eigenvalue weighted by Gasteiger charge is 2.35. The van der Waals surface area contributed by atoms with Crippen LogP contribution in [0.4, 0.5) is 18.9 Å². The monoisotopic (exact) mass is 388 g/mol. The molecule has 0 saturated heterocycles. The molecule has 0 aliphatic carbocycles. The topological polar surface area (TPSA) is 78.7 Å². The number of alkyl halides is 3. The summed E-state index contributed by atoms with van der Waals surface area (Å²) >= 11 is 0.900. The lowest BCUT2D eigenvalue weighted by Crippen LogP contribution is -2.15. The summed E-state index contributed by atoms with van der Waals surface area (Å²) in [7, 11) is 0. The van der Waals surface area contributed by atoms with Crippen LogP contribution < -0.4 is 5.32 Å². The lowest BCUT2D eigenvalue weighted by atomic mass is 10.2. The zero-order valence-corrected chi connectivity index (χ0v) is 14.4. The molecule has 0 unspecified atom stereocenters.